The summed E-state index contributed by atoms with van der Waals surface area (Å²) in [6, 6.07) is 11.3. The molecule has 0 spiro atoms. The first kappa shape index (κ1) is 23.3. The van der Waals surface area contributed by atoms with Gasteiger partial charge in [0, 0.05) is 29.8 Å². The summed E-state index contributed by atoms with van der Waals surface area (Å²) < 4.78 is 5.88. The second-order valence-electron chi connectivity index (χ2n) is 9.88. The summed E-state index contributed by atoms with van der Waals surface area (Å²) in [5.74, 6) is 1.06. The van der Waals surface area contributed by atoms with Gasteiger partial charge in [-0.25, -0.2) is 9.78 Å². The van der Waals surface area contributed by atoms with Crippen molar-refractivity contribution >= 4 is 29.4 Å². The Morgan fingerprint density at radius 1 is 1.25 bits per heavy atom. The number of carbonyl (C=O) groups excluding carboxylic acids is 2. The molecule has 3 amide bonds. The molecule has 1 aromatic heterocycles. The van der Waals surface area contributed by atoms with Gasteiger partial charge in [0.15, 0.2) is 0 Å². The second-order valence-corrected chi connectivity index (χ2v) is 11.0. The number of nitrogens with zero attached hydrogens (tertiary/aromatic N) is 2. The number of urea groups is 1. The number of hydrogen-bond acceptors (Lipinski definition) is 7. The molecule has 4 aliphatic rings. The Hall–Kier alpha value is -3.08. The molecule has 10 heteroatoms. The van der Waals surface area contributed by atoms with Gasteiger partial charge in [-0.1, -0.05) is 30.0 Å². The highest BCUT2D eigenvalue weighted by Gasteiger charge is 2.52. The summed E-state index contributed by atoms with van der Waals surface area (Å²) in [7, 11) is 0. The van der Waals surface area contributed by atoms with Crippen LogP contribution in [0.5, 0.6) is 11.6 Å². The zero-order valence-corrected chi connectivity index (χ0v) is 20.9. The zero-order chi connectivity index (χ0) is 24.8. The van der Waals surface area contributed by atoms with Crippen LogP contribution >= 0.6 is 11.8 Å². The third kappa shape index (κ3) is 4.23. The number of anilines is 1. The van der Waals surface area contributed by atoms with Crippen LogP contribution in [0.15, 0.2) is 53.2 Å². The van der Waals surface area contributed by atoms with Crippen LogP contribution in [0.4, 0.5) is 10.5 Å². The van der Waals surface area contributed by atoms with Crippen LogP contribution in [-0.2, 0) is 4.79 Å². The summed E-state index contributed by atoms with van der Waals surface area (Å²) in [6.07, 6.45) is 5.10. The average molecular weight is 507 g/mol. The number of piperidine rings is 1. The maximum atomic E-state index is 13.5. The molecule has 5 N–H and O–H groups in total. The lowest BCUT2D eigenvalue weighted by molar-refractivity contribution is -0.117. The van der Waals surface area contributed by atoms with E-state index >= 15 is 0 Å². The lowest BCUT2D eigenvalue weighted by Gasteiger charge is -2.46. The molecule has 3 fully saturated rings. The van der Waals surface area contributed by atoms with E-state index in [0.717, 1.165) is 49.2 Å². The van der Waals surface area contributed by atoms with Crippen molar-refractivity contribution < 1.29 is 14.3 Å². The number of ether oxygens (including phenoxy) is 1. The highest BCUT2D eigenvalue weighted by molar-refractivity contribution is 8.04. The van der Waals surface area contributed by atoms with Gasteiger partial charge in [0.05, 0.1) is 28.2 Å². The Labute approximate surface area is 214 Å². The van der Waals surface area contributed by atoms with Crippen LogP contribution in [0.3, 0.4) is 0 Å². The monoisotopic (exact) mass is 506 g/mol. The Balaban J connectivity index is 1.25. The van der Waals surface area contributed by atoms with Gasteiger partial charge in [0.2, 0.25) is 5.88 Å². The van der Waals surface area contributed by atoms with Crippen molar-refractivity contribution in [2.75, 3.05) is 11.4 Å². The minimum Gasteiger partial charge on any atom is -0.439 e. The SMILES string of the molecule is Cc1cc(Oc2ccccc2)ncc1N1C(=O)NC2=C(C(=O)N[C@H]3CC[C@@H](N)C3)SC3NCCC1C23. The molecule has 6 rings (SSSR count). The van der Waals surface area contributed by atoms with E-state index in [2.05, 4.69) is 20.9 Å². The fraction of sp³-hybridized carbons (Fsp3) is 0.423. The van der Waals surface area contributed by atoms with E-state index in [1.807, 2.05) is 48.2 Å². The van der Waals surface area contributed by atoms with Crippen LogP contribution in [-0.4, -0.2) is 47.0 Å². The average Bonchev–Trinajstić information content (AvgIpc) is 3.44. The fourth-order valence-electron chi connectivity index (χ4n) is 5.74. The Morgan fingerprint density at radius 2 is 2.08 bits per heavy atom. The summed E-state index contributed by atoms with van der Waals surface area (Å²) in [4.78, 5) is 33.6. The minimum absolute atomic E-state index is 0.00678. The number of rotatable bonds is 5. The first-order valence-electron chi connectivity index (χ1n) is 12.5. The van der Waals surface area contributed by atoms with Crippen molar-refractivity contribution in [3.05, 3.63) is 58.8 Å². The standard InChI is InChI=1S/C26H30N6O3S/c1-14-11-20(35-17-5-3-2-4-6-17)29-13-19(14)32-18-9-10-28-25-21(18)22(31-26(32)34)23(36-25)24(33)30-16-8-7-15(27)12-16/h2-6,11,13,15-16,18,21,25,28H,7-10,12,27H2,1H3,(H,30,33)(H,31,34)/t15-,16+,18?,21?,25?/m1/s1. The highest BCUT2D eigenvalue weighted by Crippen LogP contribution is 2.48. The van der Waals surface area contributed by atoms with Crippen LogP contribution in [0, 0.1) is 12.8 Å². The van der Waals surface area contributed by atoms with E-state index in [0.29, 0.717) is 16.5 Å². The molecule has 5 atom stereocenters. The number of aromatic nitrogens is 1. The molecular formula is C26H30N6O3S. The Kier molecular flexibility index (Phi) is 6.10. The molecule has 2 saturated heterocycles. The van der Waals surface area contributed by atoms with E-state index in [4.69, 9.17) is 10.5 Å². The van der Waals surface area contributed by atoms with Crippen LogP contribution in [0.2, 0.25) is 0 Å². The number of nitrogens with two attached hydrogens (primary N) is 1. The van der Waals surface area contributed by atoms with Crippen molar-refractivity contribution in [3.8, 4) is 11.6 Å². The van der Waals surface area contributed by atoms with Gasteiger partial charge in [-0.3, -0.25) is 9.69 Å². The van der Waals surface area contributed by atoms with E-state index in [1.165, 1.54) is 11.8 Å². The number of hydrogen-bond donors (Lipinski definition) is 4. The molecule has 4 heterocycles. The smallest absolute Gasteiger partial charge is 0.326 e. The third-order valence-corrected chi connectivity index (χ3v) is 8.79. The van der Waals surface area contributed by atoms with Gasteiger partial charge in [0.1, 0.15) is 5.75 Å². The Morgan fingerprint density at radius 3 is 2.83 bits per heavy atom. The van der Waals surface area contributed by atoms with Gasteiger partial charge >= 0.3 is 6.03 Å². The van der Waals surface area contributed by atoms with Crippen molar-refractivity contribution in [3.63, 3.8) is 0 Å². The Bertz CT molecular complexity index is 1220. The predicted octanol–water partition coefficient (Wildman–Crippen LogP) is 2.97. The number of nitrogens with one attached hydrogen (secondary N) is 3. The van der Waals surface area contributed by atoms with Gasteiger partial charge in [0.25, 0.3) is 5.91 Å². The van der Waals surface area contributed by atoms with E-state index in [1.54, 1.807) is 6.20 Å². The molecule has 188 valence electrons. The number of para-hydroxylation sites is 1. The number of thioether (sulfide) groups is 1. The van der Waals surface area contributed by atoms with Crippen molar-refractivity contribution in [2.24, 2.45) is 11.7 Å². The number of aryl methyl sites for hydroxylation is 1. The van der Waals surface area contributed by atoms with Gasteiger partial charge in [-0.05, 0) is 56.8 Å². The molecule has 3 unspecified atom stereocenters. The fourth-order valence-corrected chi connectivity index (χ4v) is 7.14. The van der Waals surface area contributed by atoms with Crippen LogP contribution in [0.1, 0.15) is 31.2 Å². The van der Waals surface area contributed by atoms with Crippen molar-refractivity contribution in [2.45, 2.75) is 56.1 Å². The molecular weight excluding hydrogens is 476 g/mol. The predicted molar refractivity (Wildman–Crippen MR) is 139 cm³/mol. The molecule has 1 saturated carbocycles. The van der Waals surface area contributed by atoms with Crippen molar-refractivity contribution in [1.82, 2.24) is 20.9 Å². The first-order valence-corrected chi connectivity index (χ1v) is 13.4. The highest BCUT2D eigenvalue weighted by atomic mass is 32.2. The molecule has 3 aliphatic heterocycles. The van der Waals surface area contributed by atoms with Gasteiger partial charge in [-0.2, -0.15) is 0 Å². The second kappa shape index (κ2) is 9.42. The number of pyridine rings is 1. The van der Waals surface area contributed by atoms with E-state index in [9.17, 15) is 9.59 Å². The maximum Gasteiger partial charge on any atom is 0.326 e. The molecule has 1 aliphatic carbocycles. The minimum atomic E-state index is -0.232. The summed E-state index contributed by atoms with van der Waals surface area (Å²) in [6.45, 7) is 2.73. The number of carbonyl (C=O) groups is 2. The lowest BCUT2D eigenvalue weighted by atomic mass is 9.86. The molecule has 1 aromatic carbocycles. The first-order chi connectivity index (χ1) is 17.5. The maximum absolute atomic E-state index is 13.5. The van der Waals surface area contributed by atoms with E-state index < -0.39 is 0 Å². The topological polar surface area (TPSA) is 122 Å². The number of benzene rings is 1. The quantitative estimate of drug-likeness (QED) is 0.492. The van der Waals surface area contributed by atoms with Crippen LogP contribution < -0.4 is 31.3 Å². The largest absolute Gasteiger partial charge is 0.439 e. The van der Waals surface area contributed by atoms with Gasteiger partial charge in [-0.15, -0.1) is 0 Å². The number of amides is 3. The van der Waals surface area contributed by atoms with Crippen LogP contribution in [0.25, 0.3) is 0 Å². The van der Waals surface area contributed by atoms with Gasteiger partial charge < -0.3 is 26.4 Å². The molecule has 2 aromatic rings. The third-order valence-electron chi connectivity index (χ3n) is 7.44. The lowest BCUT2D eigenvalue weighted by Crippen LogP contribution is -2.62. The molecule has 0 bridgehead atoms. The molecule has 0 radical (unpaired) electrons. The van der Waals surface area contributed by atoms with E-state index in [-0.39, 0.29) is 41.4 Å². The molecule has 9 nitrogen and oxygen atoms in total. The molecule has 36 heavy (non-hydrogen) atoms. The summed E-state index contributed by atoms with van der Waals surface area (Å²) in [5, 5.41) is 9.78. The summed E-state index contributed by atoms with van der Waals surface area (Å²) in [5.41, 5.74) is 8.41. The van der Waals surface area contributed by atoms with Crippen molar-refractivity contribution in [1.29, 1.82) is 0 Å². The zero-order valence-electron chi connectivity index (χ0n) is 20.1. The summed E-state index contributed by atoms with van der Waals surface area (Å²) >= 11 is 1.52. The normalized spacial score (nSPS) is 29.1.